The van der Waals surface area contributed by atoms with E-state index in [0.29, 0.717) is 0 Å². The van der Waals surface area contributed by atoms with Gasteiger partial charge in [-0.3, -0.25) is 9.59 Å². The van der Waals surface area contributed by atoms with Crippen LogP contribution in [-0.2, 0) is 9.59 Å². The Morgan fingerprint density at radius 2 is 1.32 bits per heavy atom. The molecule has 0 saturated heterocycles. The Morgan fingerprint density at radius 3 is 1.92 bits per heavy atom. The first-order valence-electron chi connectivity index (χ1n) is 8.39. The van der Waals surface area contributed by atoms with Crippen molar-refractivity contribution in [3.63, 3.8) is 0 Å². The first-order chi connectivity index (χ1) is 11.9. The standard InChI is InChI=1S/C20H25N3O2/c1-14-8-5-6-11-17(14)21-18(24)12-23(4)13-19(25)22-20-15(2)9-7-10-16(20)3/h5-11H,12-13H2,1-4H3,(H,21,24)(H,22,25)/p+1. The van der Waals surface area contributed by atoms with Crippen molar-refractivity contribution in [1.29, 1.82) is 0 Å². The molecule has 5 heteroatoms. The van der Waals surface area contributed by atoms with Crippen molar-refractivity contribution in [1.82, 2.24) is 0 Å². The fraction of sp³-hybridized carbons (Fsp3) is 0.300. The van der Waals surface area contributed by atoms with Crippen LogP contribution in [0.1, 0.15) is 16.7 Å². The van der Waals surface area contributed by atoms with Crippen molar-refractivity contribution >= 4 is 23.2 Å². The van der Waals surface area contributed by atoms with Gasteiger partial charge in [-0.1, -0.05) is 36.4 Å². The number of quaternary nitrogens is 1. The average Bonchev–Trinajstić information content (AvgIpc) is 2.53. The van der Waals surface area contributed by atoms with Crippen LogP contribution in [0.3, 0.4) is 0 Å². The second-order valence-corrected chi connectivity index (χ2v) is 6.49. The number of hydrogen-bond donors (Lipinski definition) is 3. The molecule has 2 aromatic rings. The summed E-state index contributed by atoms with van der Waals surface area (Å²) in [4.78, 5) is 25.2. The van der Waals surface area contributed by atoms with Gasteiger partial charge in [0.05, 0.1) is 7.05 Å². The Morgan fingerprint density at radius 1 is 0.800 bits per heavy atom. The summed E-state index contributed by atoms with van der Waals surface area (Å²) >= 11 is 0. The summed E-state index contributed by atoms with van der Waals surface area (Å²) < 4.78 is 0. The molecule has 0 aliphatic carbocycles. The molecule has 2 amide bonds. The van der Waals surface area contributed by atoms with Gasteiger partial charge in [0, 0.05) is 11.4 Å². The number of anilines is 2. The van der Waals surface area contributed by atoms with Crippen LogP contribution in [0.5, 0.6) is 0 Å². The third kappa shape index (κ3) is 5.43. The van der Waals surface area contributed by atoms with Gasteiger partial charge in [0.2, 0.25) is 0 Å². The number of hydrogen-bond acceptors (Lipinski definition) is 2. The topological polar surface area (TPSA) is 62.6 Å². The van der Waals surface area contributed by atoms with E-state index in [1.54, 1.807) is 0 Å². The number of rotatable bonds is 6. The molecular weight excluding hydrogens is 314 g/mol. The Balaban J connectivity index is 1.87. The highest BCUT2D eigenvalue weighted by Crippen LogP contribution is 2.18. The molecule has 0 fully saturated rings. The molecule has 1 atom stereocenters. The minimum absolute atomic E-state index is 0.0985. The number of aryl methyl sites for hydroxylation is 3. The maximum absolute atomic E-state index is 12.3. The van der Waals surface area contributed by atoms with Gasteiger partial charge in [-0.2, -0.15) is 0 Å². The van der Waals surface area contributed by atoms with Gasteiger partial charge in [0.1, 0.15) is 0 Å². The average molecular weight is 340 g/mol. The normalized spacial score (nSPS) is 11.7. The smallest absolute Gasteiger partial charge is 0.279 e. The lowest BCUT2D eigenvalue weighted by Gasteiger charge is -2.16. The summed E-state index contributed by atoms with van der Waals surface area (Å²) in [6.45, 7) is 6.34. The quantitative estimate of drug-likeness (QED) is 0.750. The van der Waals surface area contributed by atoms with Crippen molar-refractivity contribution < 1.29 is 14.5 Å². The first-order valence-corrected chi connectivity index (χ1v) is 8.39. The van der Waals surface area contributed by atoms with Crippen LogP contribution in [-0.4, -0.2) is 32.0 Å². The fourth-order valence-corrected chi connectivity index (χ4v) is 2.71. The van der Waals surface area contributed by atoms with Crippen molar-refractivity contribution in [3.8, 4) is 0 Å². The van der Waals surface area contributed by atoms with Crippen LogP contribution in [0.4, 0.5) is 11.4 Å². The fourth-order valence-electron chi connectivity index (χ4n) is 2.71. The van der Waals surface area contributed by atoms with Crippen LogP contribution < -0.4 is 15.5 Å². The van der Waals surface area contributed by atoms with E-state index in [9.17, 15) is 9.59 Å². The van der Waals surface area contributed by atoms with Gasteiger partial charge < -0.3 is 15.5 Å². The molecule has 0 aliphatic heterocycles. The molecule has 0 bridgehead atoms. The second-order valence-electron chi connectivity index (χ2n) is 6.49. The van der Waals surface area contributed by atoms with Crippen LogP contribution in [0.2, 0.25) is 0 Å². The number of para-hydroxylation sites is 2. The van der Waals surface area contributed by atoms with E-state index in [-0.39, 0.29) is 24.9 Å². The van der Waals surface area contributed by atoms with Gasteiger partial charge >= 0.3 is 0 Å². The molecule has 1 unspecified atom stereocenters. The molecule has 2 aromatic carbocycles. The molecule has 0 radical (unpaired) electrons. The van der Waals surface area contributed by atoms with Crippen molar-refractivity contribution in [3.05, 3.63) is 59.2 Å². The van der Waals surface area contributed by atoms with Crippen LogP contribution in [0.15, 0.2) is 42.5 Å². The van der Waals surface area contributed by atoms with E-state index < -0.39 is 0 Å². The number of carbonyl (C=O) groups excluding carboxylic acids is 2. The van der Waals surface area contributed by atoms with Crippen molar-refractivity contribution in [2.24, 2.45) is 0 Å². The minimum Gasteiger partial charge on any atom is -0.322 e. The van der Waals surface area contributed by atoms with Crippen LogP contribution >= 0.6 is 0 Å². The predicted octanol–water partition coefficient (Wildman–Crippen LogP) is 1.70. The third-order valence-electron chi connectivity index (χ3n) is 4.09. The molecule has 132 valence electrons. The van der Waals surface area contributed by atoms with Gasteiger partial charge in [-0.25, -0.2) is 0 Å². The van der Waals surface area contributed by atoms with Gasteiger partial charge in [0.15, 0.2) is 13.1 Å². The lowest BCUT2D eigenvalue weighted by atomic mass is 10.1. The summed E-state index contributed by atoms with van der Waals surface area (Å²) in [5.74, 6) is -0.203. The highest BCUT2D eigenvalue weighted by atomic mass is 16.2. The highest BCUT2D eigenvalue weighted by Gasteiger charge is 2.16. The van der Waals surface area contributed by atoms with Gasteiger partial charge in [0.25, 0.3) is 11.8 Å². The Labute approximate surface area is 149 Å². The zero-order valence-corrected chi connectivity index (χ0v) is 15.3. The highest BCUT2D eigenvalue weighted by molar-refractivity contribution is 5.94. The zero-order chi connectivity index (χ0) is 18.4. The summed E-state index contributed by atoms with van der Waals surface area (Å²) in [7, 11) is 1.84. The van der Waals surface area contributed by atoms with E-state index in [4.69, 9.17) is 0 Å². The van der Waals surface area contributed by atoms with Crippen LogP contribution in [0, 0.1) is 20.8 Å². The molecule has 3 N–H and O–H groups in total. The summed E-state index contributed by atoms with van der Waals surface area (Å²) in [6.07, 6.45) is 0. The van der Waals surface area contributed by atoms with Crippen LogP contribution in [0.25, 0.3) is 0 Å². The third-order valence-corrected chi connectivity index (χ3v) is 4.09. The number of amides is 2. The maximum Gasteiger partial charge on any atom is 0.279 e. The zero-order valence-electron chi connectivity index (χ0n) is 15.3. The molecule has 0 spiro atoms. The molecule has 5 nitrogen and oxygen atoms in total. The predicted molar refractivity (Wildman–Crippen MR) is 101 cm³/mol. The number of benzene rings is 2. The van der Waals surface area contributed by atoms with Crippen molar-refractivity contribution in [2.45, 2.75) is 20.8 Å². The number of nitrogens with one attached hydrogen (secondary N) is 3. The Hall–Kier alpha value is -2.66. The molecular formula is C20H26N3O2+. The molecule has 0 aromatic heterocycles. The lowest BCUT2D eigenvalue weighted by molar-refractivity contribution is -0.862. The minimum atomic E-state index is -0.105. The maximum atomic E-state index is 12.3. The van der Waals surface area contributed by atoms with E-state index in [1.807, 2.05) is 70.3 Å². The summed E-state index contributed by atoms with van der Waals surface area (Å²) in [5.41, 5.74) is 4.73. The second kappa shape index (κ2) is 8.44. The van der Waals surface area contributed by atoms with E-state index in [1.165, 1.54) is 0 Å². The summed E-state index contributed by atoms with van der Waals surface area (Å²) in [5, 5.41) is 5.84. The van der Waals surface area contributed by atoms with Gasteiger partial charge in [-0.15, -0.1) is 0 Å². The molecule has 25 heavy (non-hydrogen) atoms. The Kier molecular flexibility index (Phi) is 6.31. The first kappa shape index (κ1) is 18.7. The summed E-state index contributed by atoms with van der Waals surface area (Å²) in [6, 6.07) is 13.5. The van der Waals surface area contributed by atoms with Crippen molar-refractivity contribution in [2.75, 3.05) is 30.8 Å². The van der Waals surface area contributed by atoms with E-state index >= 15 is 0 Å². The number of likely N-dealkylation sites (N-methyl/N-ethyl adjacent to an activating group) is 1. The SMILES string of the molecule is Cc1ccccc1NC(=O)C[NH+](C)CC(=O)Nc1c(C)cccc1C. The lowest BCUT2D eigenvalue weighted by Crippen LogP contribution is -3.11. The van der Waals surface area contributed by atoms with Gasteiger partial charge in [-0.05, 0) is 43.5 Å². The van der Waals surface area contributed by atoms with E-state index in [0.717, 1.165) is 33.0 Å². The molecule has 0 aliphatic rings. The van der Waals surface area contributed by atoms with E-state index in [2.05, 4.69) is 10.6 Å². The number of carbonyl (C=O) groups is 2. The molecule has 2 rings (SSSR count). The Bertz CT molecular complexity index is 751. The molecule has 0 saturated carbocycles. The monoisotopic (exact) mass is 340 g/mol. The molecule has 0 heterocycles. The largest absolute Gasteiger partial charge is 0.322 e.